The molecule has 0 radical (unpaired) electrons. The van der Waals surface area contributed by atoms with Crippen molar-refractivity contribution in [1.82, 2.24) is 15.0 Å². The van der Waals surface area contributed by atoms with Crippen molar-refractivity contribution in [1.29, 1.82) is 0 Å². The number of para-hydroxylation sites is 2. The van der Waals surface area contributed by atoms with Gasteiger partial charge in [-0.05, 0) is 59.7 Å². The van der Waals surface area contributed by atoms with E-state index in [2.05, 4.69) is 96.0 Å². The van der Waals surface area contributed by atoms with E-state index in [4.69, 9.17) is 14.4 Å². The summed E-state index contributed by atoms with van der Waals surface area (Å²) >= 11 is 0. The highest BCUT2D eigenvalue weighted by molar-refractivity contribution is 6.24. The van der Waals surface area contributed by atoms with Gasteiger partial charge >= 0.3 is 0 Å². The summed E-state index contributed by atoms with van der Waals surface area (Å²) in [5, 5.41) is 5.51. The molecule has 0 aliphatic rings. The van der Waals surface area contributed by atoms with E-state index in [1.807, 2.05) is 54.6 Å². The second-order valence-electron chi connectivity index (χ2n) is 11.2. The molecule has 0 spiro atoms. The fourth-order valence-electron chi connectivity index (χ4n) is 6.37. The van der Waals surface area contributed by atoms with E-state index in [1.165, 1.54) is 0 Å². The van der Waals surface area contributed by atoms with Crippen LogP contribution in [0.4, 0.5) is 0 Å². The minimum Gasteiger partial charge on any atom is -0.455 e. The first-order chi connectivity index (χ1) is 22.3. The van der Waals surface area contributed by atoms with Crippen LogP contribution in [0.25, 0.3) is 88.6 Å². The lowest BCUT2D eigenvalue weighted by Crippen LogP contribution is -1.91. The molecule has 0 atom stereocenters. The van der Waals surface area contributed by atoms with Gasteiger partial charge in [-0.2, -0.15) is 0 Å². The molecule has 9 aromatic rings. The van der Waals surface area contributed by atoms with E-state index in [0.29, 0.717) is 0 Å². The van der Waals surface area contributed by atoms with Gasteiger partial charge in [0.15, 0.2) is 0 Å². The van der Waals surface area contributed by atoms with Crippen LogP contribution in [-0.2, 0) is 0 Å². The van der Waals surface area contributed by atoms with Crippen molar-refractivity contribution in [2.24, 2.45) is 0 Å². The number of hydrogen-bond donors (Lipinski definition) is 0. The van der Waals surface area contributed by atoms with Gasteiger partial charge in [-0.1, -0.05) is 97.1 Å². The average Bonchev–Trinajstić information content (AvgIpc) is 3.51. The van der Waals surface area contributed by atoms with E-state index in [1.54, 1.807) is 6.20 Å². The molecule has 4 nitrogen and oxygen atoms in total. The maximum Gasteiger partial charge on any atom is 0.144 e. The Balaban J connectivity index is 1.15. The number of aromatic nitrogens is 3. The number of hydrogen-bond acceptors (Lipinski definition) is 4. The molecule has 210 valence electrons. The summed E-state index contributed by atoms with van der Waals surface area (Å²) in [5.74, 6) is 0. The van der Waals surface area contributed by atoms with Crippen LogP contribution in [0.1, 0.15) is 0 Å². The zero-order chi connectivity index (χ0) is 29.7. The third-order valence-electron chi connectivity index (χ3n) is 8.53. The van der Waals surface area contributed by atoms with Gasteiger partial charge in [0.2, 0.25) is 0 Å². The molecule has 0 unspecified atom stereocenters. The maximum atomic E-state index is 6.50. The van der Waals surface area contributed by atoms with Gasteiger partial charge in [-0.3, -0.25) is 4.98 Å². The molecule has 0 N–H and O–H groups in total. The molecule has 0 amide bonds. The van der Waals surface area contributed by atoms with Crippen LogP contribution in [-0.4, -0.2) is 15.0 Å². The second-order valence-corrected chi connectivity index (χ2v) is 11.2. The lowest BCUT2D eigenvalue weighted by molar-refractivity contribution is 0.673. The highest BCUT2D eigenvalue weighted by Gasteiger charge is 2.17. The minimum absolute atomic E-state index is 0.861. The van der Waals surface area contributed by atoms with Gasteiger partial charge in [0.05, 0.1) is 28.3 Å². The Morgan fingerprint density at radius 3 is 2.02 bits per heavy atom. The first-order valence-corrected chi connectivity index (χ1v) is 15.0. The Bertz CT molecular complexity index is 2530. The van der Waals surface area contributed by atoms with Gasteiger partial charge in [0, 0.05) is 44.3 Å². The molecule has 5 aromatic carbocycles. The SMILES string of the molecule is c1ccc(-c2cccc(-c3ccc(-c4cccc(-c5nc6ccccc6c6c5ccc5c7ccccc7oc56)c4)cc3)n2)nc1. The van der Waals surface area contributed by atoms with Crippen molar-refractivity contribution in [3.8, 4) is 45.0 Å². The van der Waals surface area contributed by atoms with Crippen LogP contribution in [0.15, 0.2) is 156 Å². The summed E-state index contributed by atoms with van der Waals surface area (Å²) in [6.07, 6.45) is 1.79. The fourth-order valence-corrected chi connectivity index (χ4v) is 6.37. The third kappa shape index (κ3) is 4.27. The lowest BCUT2D eigenvalue weighted by Gasteiger charge is -2.12. The Morgan fingerprint density at radius 1 is 0.422 bits per heavy atom. The number of nitrogens with zero attached hydrogens (tertiary/aromatic N) is 3. The third-order valence-corrected chi connectivity index (χ3v) is 8.53. The Labute approximate surface area is 259 Å². The zero-order valence-electron chi connectivity index (χ0n) is 24.2. The number of rotatable bonds is 4. The van der Waals surface area contributed by atoms with Gasteiger partial charge in [-0.15, -0.1) is 0 Å². The normalized spacial score (nSPS) is 11.6. The van der Waals surface area contributed by atoms with Crippen molar-refractivity contribution < 1.29 is 4.42 Å². The van der Waals surface area contributed by atoms with Crippen LogP contribution in [0.2, 0.25) is 0 Å². The predicted molar refractivity (Wildman–Crippen MR) is 184 cm³/mol. The second kappa shape index (κ2) is 10.2. The van der Waals surface area contributed by atoms with Gasteiger partial charge in [0.25, 0.3) is 0 Å². The quantitative estimate of drug-likeness (QED) is 0.196. The number of furan rings is 1. The smallest absolute Gasteiger partial charge is 0.144 e. The molecule has 0 aliphatic heterocycles. The standard InChI is InChI=1S/C41H25N3O/c1-3-13-35-32(12-1)39-33(23-22-31-30-11-2-4-17-38(30)45-41(31)39)40(44-35)29-10-7-9-28(25-29)26-18-20-27(21-19-26)34-15-8-16-37(43-34)36-14-5-6-24-42-36/h1-25H. The summed E-state index contributed by atoms with van der Waals surface area (Å²) < 4.78 is 6.50. The molecule has 0 saturated carbocycles. The van der Waals surface area contributed by atoms with Crippen LogP contribution >= 0.6 is 0 Å². The van der Waals surface area contributed by atoms with E-state index < -0.39 is 0 Å². The Kier molecular flexibility index (Phi) is 5.78. The Hall–Kier alpha value is -6.13. The summed E-state index contributed by atoms with van der Waals surface area (Å²) in [6, 6.07) is 50.1. The van der Waals surface area contributed by atoms with Gasteiger partial charge < -0.3 is 4.42 Å². The molecule has 4 heterocycles. The summed E-state index contributed by atoms with van der Waals surface area (Å²) in [5.41, 5.74) is 10.7. The van der Waals surface area contributed by atoms with Crippen molar-refractivity contribution in [3.63, 3.8) is 0 Å². The van der Waals surface area contributed by atoms with Crippen molar-refractivity contribution in [3.05, 3.63) is 152 Å². The fraction of sp³-hybridized carbons (Fsp3) is 0. The van der Waals surface area contributed by atoms with E-state index in [0.717, 1.165) is 88.6 Å². The molecule has 4 aromatic heterocycles. The molecule has 4 heteroatoms. The summed E-state index contributed by atoms with van der Waals surface area (Å²) in [4.78, 5) is 14.5. The van der Waals surface area contributed by atoms with Crippen LogP contribution in [0, 0.1) is 0 Å². The zero-order valence-corrected chi connectivity index (χ0v) is 24.2. The molecular weight excluding hydrogens is 550 g/mol. The topological polar surface area (TPSA) is 51.8 Å². The Morgan fingerprint density at radius 2 is 1.13 bits per heavy atom. The van der Waals surface area contributed by atoms with E-state index in [9.17, 15) is 0 Å². The van der Waals surface area contributed by atoms with Crippen LogP contribution in [0.5, 0.6) is 0 Å². The van der Waals surface area contributed by atoms with Crippen LogP contribution in [0.3, 0.4) is 0 Å². The van der Waals surface area contributed by atoms with Crippen molar-refractivity contribution >= 4 is 43.6 Å². The largest absolute Gasteiger partial charge is 0.455 e. The number of benzene rings is 5. The monoisotopic (exact) mass is 575 g/mol. The first-order valence-electron chi connectivity index (χ1n) is 15.0. The molecular formula is C41H25N3O. The molecule has 0 saturated heterocycles. The molecule has 0 fully saturated rings. The predicted octanol–water partition coefficient (Wildman–Crippen LogP) is 10.7. The average molecular weight is 576 g/mol. The maximum absolute atomic E-state index is 6.50. The number of fused-ring (bicyclic) bond motifs is 7. The van der Waals surface area contributed by atoms with Gasteiger partial charge in [0.1, 0.15) is 11.2 Å². The summed E-state index contributed by atoms with van der Waals surface area (Å²) in [6.45, 7) is 0. The van der Waals surface area contributed by atoms with E-state index >= 15 is 0 Å². The summed E-state index contributed by atoms with van der Waals surface area (Å²) in [7, 11) is 0. The molecule has 0 bridgehead atoms. The van der Waals surface area contributed by atoms with E-state index in [-0.39, 0.29) is 0 Å². The lowest BCUT2D eigenvalue weighted by atomic mass is 9.95. The van der Waals surface area contributed by atoms with Crippen molar-refractivity contribution in [2.75, 3.05) is 0 Å². The highest BCUT2D eigenvalue weighted by Crippen LogP contribution is 2.41. The highest BCUT2D eigenvalue weighted by atomic mass is 16.3. The van der Waals surface area contributed by atoms with Crippen molar-refractivity contribution in [2.45, 2.75) is 0 Å². The molecule has 9 rings (SSSR count). The first kappa shape index (κ1) is 25.4. The van der Waals surface area contributed by atoms with Gasteiger partial charge in [-0.25, -0.2) is 9.97 Å². The molecule has 0 aliphatic carbocycles. The number of pyridine rings is 3. The molecule has 45 heavy (non-hydrogen) atoms. The minimum atomic E-state index is 0.861. The van der Waals surface area contributed by atoms with Crippen LogP contribution < -0.4 is 0 Å².